The Hall–Kier alpha value is -1.67. The molecule has 0 saturated carbocycles. The standard InChI is InChI=1S/C12H18N4O/c1-4-17-8-11(9(2)3)15-12-10(7-13)5-6-14-16-12/h5-6,9,11H,4,8H2,1-3H3,(H,15,16). The molecule has 1 atom stereocenters. The minimum Gasteiger partial charge on any atom is -0.380 e. The highest BCUT2D eigenvalue weighted by Crippen LogP contribution is 2.14. The van der Waals surface area contributed by atoms with Crippen LogP contribution in [0.25, 0.3) is 0 Å². The van der Waals surface area contributed by atoms with Gasteiger partial charge < -0.3 is 10.1 Å². The molecule has 1 aromatic heterocycles. The van der Waals surface area contributed by atoms with Crippen LogP contribution in [0.1, 0.15) is 26.3 Å². The van der Waals surface area contributed by atoms with E-state index in [-0.39, 0.29) is 6.04 Å². The third kappa shape index (κ3) is 4.00. The minimum atomic E-state index is 0.124. The molecular weight excluding hydrogens is 216 g/mol. The Morgan fingerprint density at radius 1 is 1.53 bits per heavy atom. The third-order valence-corrected chi connectivity index (χ3v) is 2.47. The van der Waals surface area contributed by atoms with Crippen LogP contribution in [0, 0.1) is 17.2 Å². The van der Waals surface area contributed by atoms with Gasteiger partial charge >= 0.3 is 0 Å². The van der Waals surface area contributed by atoms with Gasteiger partial charge in [-0.3, -0.25) is 0 Å². The molecule has 1 unspecified atom stereocenters. The zero-order valence-corrected chi connectivity index (χ0v) is 10.5. The fourth-order valence-corrected chi connectivity index (χ4v) is 1.35. The molecular formula is C12H18N4O. The van der Waals surface area contributed by atoms with E-state index in [0.29, 0.717) is 30.5 Å². The predicted molar refractivity (Wildman–Crippen MR) is 65.5 cm³/mol. The van der Waals surface area contributed by atoms with Crippen LogP contribution in [0.4, 0.5) is 5.82 Å². The first-order chi connectivity index (χ1) is 8.19. The van der Waals surface area contributed by atoms with Crippen LogP contribution in [-0.2, 0) is 4.74 Å². The van der Waals surface area contributed by atoms with Crippen LogP contribution in [0.3, 0.4) is 0 Å². The van der Waals surface area contributed by atoms with Crippen molar-refractivity contribution in [3.8, 4) is 6.07 Å². The predicted octanol–water partition coefficient (Wildman–Crippen LogP) is 1.82. The Bertz CT molecular complexity index is 386. The van der Waals surface area contributed by atoms with Crippen molar-refractivity contribution in [3.63, 3.8) is 0 Å². The second-order valence-corrected chi connectivity index (χ2v) is 4.06. The molecule has 1 heterocycles. The van der Waals surface area contributed by atoms with Crippen molar-refractivity contribution in [1.29, 1.82) is 5.26 Å². The molecule has 0 fully saturated rings. The summed E-state index contributed by atoms with van der Waals surface area (Å²) in [7, 11) is 0. The van der Waals surface area contributed by atoms with Gasteiger partial charge in [-0.05, 0) is 18.9 Å². The Morgan fingerprint density at radius 2 is 2.29 bits per heavy atom. The highest BCUT2D eigenvalue weighted by molar-refractivity contribution is 5.50. The molecule has 5 heteroatoms. The molecule has 0 aromatic carbocycles. The van der Waals surface area contributed by atoms with Crippen molar-refractivity contribution in [2.45, 2.75) is 26.8 Å². The van der Waals surface area contributed by atoms with Crippen molar-refractivity contribution in [2.24, 2.45) is 5.92 Å². The van der Waals surface area contributed by atoms with Gasteiger partial charge in [0.05, 0.1) is 24.4 Å². The monoisotopic (exact) mass is 234 g/mol. The lowest BCUT2D eigenvalue weighted by atomic mass is 10.1. The van der Waals surface area contributed by atoms with Crippen LogP contribution in [0.5, 0.6) is 0 Å². The molecule has 92 valence electrons. The summed E-state index contributed by atoms with van der Waals surface area (Å²) >= 11 is 0. The van der Waals surface area contributed by atoms with Crippen molar-refractivity contribution >= 4 is 5.82 Å². The summed E-state index contributed by atoms with van der Waals surface area (Å²) < 4.78 is 5.41. The number of rotatable bonds is 6. The van der Waals surface area contributed by atoms with Gasteiger partial charge in [0, 0.05) is 6.61 Å². The molecule has 1 N–H and O–H groups in total. The first-order valence-corrected chi connectivity index (χ1v) is 5.75. The van der Waals surface area contributed by atoms with Crippen molar-refractivity contribution in [2.75, 3.05) is 18.5 Å². The number of ether oxygens (including phenoxy) is 1. The van der Waals surface area contributed by atoms with E-state index < -0.39 is 0 Å². The molecule has 0 radical (unpaired) electrons. The van der Waals surface area contributed by atoms with E-state index in [1.807, 2.05) is 6.92 Å². The molecule has 0 aliphatic rings. The number of nitrogens with zero attached hydrogens (tertiary/aromatic N) is 3. The van der Waals surface area contributed by atoms with E-state index in [1.54, 1.807) is 6.07 Å². The topological polar surface area (TPSA) is 70.8 Å². The van der Waals surface area contributed by atoms with Crippen LogP contribution in [-0.4, -0.2) is 29.5 Å². The summed E-state index contributed by atoms with van der Waals surface area (Å²) in [4.78, 5) is 0. The fraction of sp³-hybridized carbons (Fsp3) is 0.583. The lowest BCUT2D eigenvalue weighted by molar-refractivity contribution is 0.126. The number of nitrogens with one attached hydrogen (secondary N) is 1. The Morgan fingerprint density at radius 3 is 2.88 bits per heavy atom. The average Bonchev–Trinajstić information content (AvgIpc) is 2.34. The van der Waals surface area contributed by atoms with Gasteiger partial charge in [-0.25, -0.2) is 0 Å². The first kappa shape index (κ1) is 13.4. The van der Waals surface area contributed by atoms with Crippen LogP contribution in [0.2, 0.25) is 0 Å². The van der Waals surface area contributed by atoms with Gasteiger partial charge in [0.25, 0.3) is 0 Å². The Balaban J connectivity index is 2.75. The summed E-state index contributed by atoms with van der Waals surface area (Å²) in [5, 5.41) is 19.9. The quantitative estimate of drug-likeness (QED) is 0.813. The lowest BCUT2D eigenvalue weighted by Crippen LogP contribution is -2.31. The number of aromatic nitrogens is 2. The zero-order chi connectivity index (χ0) is 12.7. The van der Waals surface area contributed by atoms with E-state index in [9.17, 15) is 0 Å². The summed E-state index contributed by atoms with van der Waals surface area (Å²) in [6.45, 7) is 7.42. The van der Waals surface area contributed by atoms with Crippen molar-refractivity contribution < 1.29 is 4.74 Å². The molecule has 0 aliphatic heterocycles. The lowest BCUT2D eigenvalue weighted by Gasteiger charge is -2.22. The molecule has 17 heavy (non-hydrogen) atoms. The number of anilines is 1. The van der Waals surface area contributed by atoms with Crippen molar-refractivity contribution in [1.82, 2.24) is 10.2 Å². The summed E-state index contributed by atoms with van der Waals surface area (Å²) in [6, 6.07) is 3.86. The first-order valence-electron chi connectivity index (χ1n) is 5.75. The number of hydrogen-bond acceptors (Lipinski definition) is 5. The largest absolute Gasteiger partial charge is 0.380 e. The maximum absolute atomic E-state index is 8.96. The van der Waals surface area contributed by atoms with Gasteiger partial charge in [-0.2, -0.15) is 10.4 Å². The Labute approximate surface area is 102 Å². The summed E-state index contributed by atoms with van der Waals surface area (Å²) in [5.41, 5.74) is 0.502. The highest BCUT2D eigenvalue weighted by atomic mass is 16.5. The highest BCUT2D eigenvalue weighted by Gasteiger charge is 2.15. The molecule has 0 amide bonds. The van der Waals surface area contributed by atoms with Crippen molar-refractivity contribution in [3.05, 3.63) is 17.8 Å². The molecule has 1 rings (SSSR count). The summed E-state index contributed by atoms with van der Waals surface area (Å²) in [6.07, 6.45) is 1.51. The number of hydrogen-bond donors (Lipinski definition) is 1. The fourth-order valence-electron chi connectivity index (χ4n) is 1.35. The van der Waals surface area contributed by atoms with E-state index >= 15 is 0 Å². The van der Waals surface area contributed by atoms with E-state index in [4.69, 9.17) is 10.00 Å². The average molecular weight is 234 g/mol. The minimum absolute atomic E-state index is 0.124. The second kappa shape index (κ2) is 6.81. The second-order valence-electron chi connectivity index (χ2n) is 4.06. The van der Waals surface area contributed by atoms with Gasteiger partial charge in [0.1, 0.15) is 6.07 Å². The summed E-state index contributed by atoms with van der Waals surface area (Å²) in [5.74, 6) is 0.906. The molecule has 0 aliphatic carbocycles. The van der Waals surface area contributed by atoms with Crippen LogP contribution in [0.15, 0.2) is 12.3 Å². The van der Waals surface area contributed by atoms with E-state index in [1.165, 1.54) is 6.20 Å². The molecule has 0 bridgehead atoms. The maximum atomic E-state index is 8.96. The van der Waals surface area contributed by atoms with Crippen LogP contribution < -0.4 is 5.32 Å². The van der Waals surface area contributed by atoms with Gasteiger partial charge in [-0.15, -0.1) is 5.10 Å². The zero-order valence-electron chi connectivity index (χ0n) is 10.5. The van der Waals surface area contributed by atoms with E-state index in [0.717, 1.165) is 0 Å². The smallest absolute Gasteiger partial charge is 0.166 e. The molecule has 5 nitrogen and oxygen atoms in total. The Kier molecular flexibility index (Phi) is 5.37. The van der Waals surface area contributed by atoms with Crippen LogP contribution >= 0.6 is 0 Å². The SMILES string of the molecule is CCOCC(Nc1nnccc1C#N)C(C)C. The van der Waals surface area contributed by atoms with E-state index in [2.05, 4.69) is 35.4 Å². The molecule has 1 aromatic rings. The molecule has 0 saturated heterocycles. The van der Waals surface area contributed by atoms with Gasteiger partial charge in [0.15, 0.2) is 5.82 Å². The maximum Gasteiger partial charge on any atom is 0.166 e. The number of nitriles is 1. The third-order valence-electron chi connectivity index (χ3n) is 2.47. The van der Waals surface area contributed by atoms with Gasteiger partial charge in [0.2, 0.25) is 0 Å². The molecule has 0 spiro atoms. The normalized spacial score (nSPS) is 12.2. The van der Waals surface area contributed by atoms with Gasteiger partial charge in [-0.1, -0.05) is 13.8 Å².